The average molecular weight is 309 g/mol. The van der Waals surface area contributed by atoms with Crippen LogP contribution in [0.5, 0.6) is 0 Å². The fourth-order valence-corrected chi connectivity index (χ4v) is 3.20. The molecule has 112 valence electrons. The van der Waals surface area contributed by atoms with Crippen LogP contribution in [0, 0.1) is 0 Å². The van der Waals surface area contributed by atoms with Crippen LogP contribution >= 0.6 is 0 Å². The fraction of sp³-hybridized carbons (Fsp3) is 0.455. The molecule has 1 heterocycles. The minimum absolute atomic E-state index is 0.122. The van der Waals surface area contributed by atoms with Crippen molar-refractivity contribution in [3.63, 3.8) is 0 Å². The summed E-state index contributed by atoms with van der Waals surface area (Å²) in [6, 6.07) is 6.61. The fourth-order valence-electron chi connectivity index (χ4n) is 1.91. The Morgan fingerprint density at radius 1 is 1.30 bits per heavy atom. The van der Waals surface area contributed by atoms with Crippen molar-refractivity contribution < 1.29 is 21.6 Å². The Hall–Kier alpha value is -1.48. The number of benzene rings is 1. The first-order valence-corrected chi connectivity index (χ1v) is 7.40. The van der Waals surface area contributed by atoms with Gasteiger partial charge in [0, 0.05) is 13.1 Å². The van der Waals surface area contributed by atoms with Crippen LogP contribution in [0.15, 0.2) is 24.3 Å². The smallest absolute Gasteiger partial charge is 0.383 e. The molecule has 1 aliphatic heterocycles. The number of alkyl halides is 3. The molecule has 0 saturated carbocycles. The van der Waals surface area contributed by atoms with Gasteiger partial charge in [-0.15, -0.1) is 0 Å². The van der Waals surface area contributed by atoms with Crippen molar-refractivity contribution in [3.8, 4) is 0 Å². The lowest BCUT2D eigenvalue weighted by Crippen LogP contribution is -2.44. The summed E-state index contributed by atoms with van der Waals surface area (Å²) in [6.07, 6.45) is -4.09. The Bertz CT molecular complexity index is 575. The van der Waals surface area contributed by atoms with E-state index in [-0.39, 0.29) is 6.54 Å². The summed E-state index contributed by atoms with van der Waals surface area (Å²) >= 11 is 0. The molecule has 0 atom stereocenters. The highest BCUT2D eigenvalue weighted by Gasteiger charge is 2.33. The highest BCUT2D eigenvalue weighted by Crippen LogP contribution is 2.29. The number of rotatable bonds is 3. The standard InChI is InChI=1S/C11H14F3N3O2S/c12-11(13,14)8-16-20(18,19)17-7-3-6-15-9-4-1-2-5-10(9)17/h1-2,4-5,15-16H,3,6-8H2. The highest BCUT2D eigenvalue weighted by atomic mass is 32.2. The summed E-state index contributed by atoms with van der Waals surface area (Å²) in [5, 5.41) is 3.04. The van der Waals surface area contributed by atoms with E-state index in [1.807, 2.05) is 0 Å². The molecule has 0 unspecified atom stereocenters. The summed E-state index contributed by atoms with van der Waals surface area (Å²) in [6.45, 7) is -0.902. The predicted octanol–water partition coefficient (Wildman–Crippen LogP) is 1.71. The van der Waals surface area contributed by atoms with Gasteiger partial charge in [-0.3, -0.25) is 4.31 Å². The molecule has 5 nitrogen and oxygen atoms in total. The molecule has 1 aromatic carbocycles. The molecule has 0 saturated heterocycles. The van der Waals surface area contributed by atoms with Gasteiger partial charge in [0.05, 0.1) is 11.4 Å². The third-order valence-electron chi connectivity index (χ3n) is 2.77. The van der Waals surface area contributed by atoms with Gasteiger partial charge < -0.3 is 5.32 Å². The molecule has 1 aromatic rings. The van der Waals surface area contributed by atoms with E-state index in [9.17, 15) is 21.6 Å². The summed E-state index contributed by atoms with van der Waals surface area (Å²) in [5.74, 6) is 0. The van der Waals surface area contributed by atoms with Crippen LogP contribution in [0.25, 0.3) is 0 Å². The topological polar surface area (TPSA) is 61.4 Å². The van der Waals surface area contributed by atoms with E-state index in [4.69, 9.17) is 0 Å². The van der Waals surface area contributed by atoms with Crippen molar-refractivity contribution in [2.45, 2.75) is 12.6 Å². The Morgan fingerprint density at radius 2 is 2.00 bits per heavy atom. The SMILES string of the molecule is O=S(=O)(NCC(F)(F)F)N1CCCNc2ccccc21. The van der Waals surface area contributed by atoms with E-state index in [1.54, 1.807) is 29.0 Å². The molecule has 2 rings (SSSR count). The molecular formula is C11H14F3N3O2S. The summed E-state index contributed by atoms with van der Waals surface area (Å²) < 4.78 is 63.1. The van der Waals surface area contributed by atoms with Crippen molar-refractivity contribution in [1.29, 1.82) is 0 Å². The van der Waals surface area contributed by atoms with Crippen LogP contribution in [0.2, 0.25) is 0 Å². The molecule has 0 aliphatic carbocycles. The molecule has 20 heavy (non-hydrogen) atoms. The van der Waals surface area contributed by atoms with E-state index in [1.165, 1.54) is 0 Å². The first-order chi connectivity index (χ1) is 9.30. The van der Waals surface area contributed by atoms with Gasteiger partial charge in [-0.2, -0.15) is 26.3 Å². The van der Waals surface area contributed by atoms with Crippen molar-refractivity contribution in [2.75, 3.05) is 29.3 Å². The minimum Gasteiger partial charge on any atom is -0.383 e. The lowest BCUT2D eigenvalue weighted by Gasteiger charge is -2.24. The van der Waals surface area contributed by atoms with E-state index >= 15 is 0 Å². The molecule has 9 heteroatoms. The monoisotopic (exact) mass is 309 g/mol. The summed E-state index contributed by atoms with van der Waals surface area (Å²) in [7, 11) is -4.23. The zero-order chi connectivity index (χ0) is 14.8. The number of halogens is 3. The minimum atomic E-state index is -4.59. The number of hydrogen-bond acceptors (Lipinski definition) is 3. The summed E-state index contributed by atoms with van der Waals surface area (Å²) in [5.41, 5.74) is 0.932. The molecule has 0 amide bonds. The Labute approximate surface area is 115 Å². The molecule has 0 fully saturated rings. The Balaban J connectivity index is 2.27. The molecule has 2 N–H and O–H groups in total. The first kappa shape index (κ1) is 14.9. The second kappa shape index (κ2) is 5.49. The third kappa shape index (κ3) is 3.54. The molecule has 0 radical (unpaired) electrons. The van der Waals surface area contributed by atoms with Crippen LogP contribution in [0.3, 0.4) is 0 Å². The quantitative estimate of drug-likeness (QED) is 0.893. The molecule has 0 aromatic heterocycles. The van der Waals surface area contributed by atoms with Crippen LogP contribution < -0.4 is 14.3 Å². The number of hydrogen-bond donors (Lipinski definition) is 2. The van der Waals surface area contributed by atoms with Gasteiger partial charge in [0.2, 0.25) is 0 Å². The predicted molar refractivity (Wildman–Crippen MR) is 69.9 cm³/mol. The second-order valence-electron chi connectivity index (χ2n) is 4.31. The number of para-hydroxylation sites is 2. The van der Waals surface area contributed by atoms with Crippen molar-refractivity contribution in [3.05, 3.63) is 24.3 Å². The van der Waals surface area contributed by atoms with E-state index in [0.717, 1.165) is 4.31 Å². The number of fused-ring (bicyclic) bond motifs is 1. The number of nitrogens with zero attached hydrogens (tertiary/aromatic N) is 1. The number of nitrogens with one attached hydrogen (secondary N) is 2. The number of anilines is 2. The zero-order valence-electron chi connectivity index (χ0n) is 10.4. The largest absolute Gasteiger partial charge is 0.402 e. The van der Waals surface area contributed by atoms with Gasteiger partial charge in [-0.1, -0.05) is 12.1 Å². The highest BCUT2D eigenvalue weighted by molar-refractivity contribution is 7.90. The van der Waals surface area contributed by atoms with Gasteiger partial charge in [-0.25, -0.2) is 0 Å². The van der Waals surface area contributed by atoms with E-state index in [2.05, 4.69) is 5.32 Å². The van der Waals surface area contributed by atoms with Gasteiger partial charge in [0.25, 0.3) is 0 Å². The molecule has 1 aliphatic rings. The second-order valence-corrected chi connectivity index (χ2v) is 5.99. The Kier molecular flexibility index (Phi) is 4.09. The maximum atomic E-state index is 12.2. The molecule has 0 spiro atoms. The van der Waals surface area contributed by atoms with Crippen molar-refractivity contribution in [2.24, 2.45) is 0 Å². The van der Waals surface area contributed by atoms with Gasteiger partial charge in [0.15, 0.2) is 0 Å². The maximum Gasteiger partial charge on any atom is 0.402 e. The van der Waals surface area contributed by atoms with Crippen LogP contribution in [-0.4, -0.2) is 34.2 Å². The Morgan fingerprint density at radius 3 is 2.70 bits per heavy atom. The average Bonchev–Trinajstić information content (AvgIpc) is 2.58. The van der Waals surface area contributed by atoms with Crippen LogP contribution in [-0.2, 0) is 10.2 Å². The summed E-state index contributed by atoms with van der Waals surface area (Å²) in [4.78, 5) is 0. The molecular weight excluding hydrogens is 295 g/mol. The lowest BCUT2D eigenvalue weighted by atomic mass is 10.2. The molecule has 0 bridgehead atoms. The van der Waals surface area contributed by atoms with E-state index < -0.39 is 22.9 Å². The van der Waals surface area contributed by atoms with Crippen molar-refractivity contribution >= 4 is 21.6 Å². The maximum absolute atomic E-state index is 12.2. The lowest BCUT2D eigenvalue weighted by molar-refractivity contribution is -0.121. The van der Waals surface area contributed by atoms with Crippen LogP contribution in [0.1, 0.15) is 6.42 Å². The van der Waals surface area contributed by atoms with Gasteiger partial charge in [0.1, 0.15) is 6.54 Å². The van der Waals surface area contributed by atoms with Gasteiger partial charge >= 0.3 is 16.4 Å². The van der Waals surface area contributed by atoms with Crippen LogP contribution in [0.4, 0.5) is 24.5 Å². The first-order valence-electron chi connectivity index (χ1n) is 5.96. The van der Waals surface area contributed by atoms with E-state index in [0.29, 0.717) is 24.3 Å². The zero-order valence-corrected chi connectivity index (χ0v) is 11.3. The third-order valence-corrected chi connectivity index (χ3v) is 4.24. The van der Waals surface area contributed by atoms with Gasteiger partial charge in [-0.05, 0) is 18.6 Å². The normalized spacial score (nSPS) is 16.2. The van der Waals surface area contributed by atoms with Crippen molar-refractivity contribution in [1.82, 2.24) is 4.72 Å².